The quantitative estimate of drug-likeness (QED) is 0.865. The molecular formula is C12H13F3O2. The molecule has 0 aliphatic carbocycles. The molecule has 0 aromatic heterocycles. The van der Waals surface area contributed by atoms with E-state index in [4.69, 9.17) is 5.11 Å². The fourth-order valence-electron chi connectivity index (χ4n) is 1.58. The summed E-state index contributed by atoms with van der Waals surface area (Å²) in [5.41, 5.74) is 0.784. The molecule has 17 heavy (non-hydrogen) atoms. The van der Waals surface area contributed by atoms with Crippen LogP contribution in [0.5, 0.6) is 0 Å². The lowest BCUT2D eigenvalue weighted by Crippen LogP contribution is -2.26. The first kappa shape index (κ1) is 13.5. The Bertz CT molecular complexity index is 360. The van der Waals surface area contributed by atoms with Gasteiger partial charge >= 0.3 is 12.1 Å². The number of aryl methyl sites for hydroxylation is 1. The molecule has 0 bridgehead atoms. The van der Waals surface area contributed by atoms with Crippen molar-refractivity contribution in [2.45, 2.75) is 25.4 Å². The van der Waals surface area contributed by atoms with Crippen molar-refractivity contribution < 1.29 is 23.1 Å². The number of hydrogen-bond acceptors (Lipinski definition) is 1. The summed E-state index contributed by atoms with van der Waals surface area (Å²) >= 11 is 0. The molecule has 0 unspecified atom stereocenters. The average Bonchev–Trinajstić information content (AvgIpc) is 2.23. The lowest BCUT2D eigenvalue weighted by molar-refractivity contribution is -0.184. The van der Waals surface area contributed by atoms with Gasteiger partial charge < -0.3 is 5.11 Å². The third kappa shape index (κ3) is 4.89. The van der Waals surface area contributed by atoms with E-state index in [2.05, 4.69) is 0 Å². The highest BCUT2D eigenvalue weighted by Crippen LogP contribution is 2.32. The van der Waals surface area contributed by atoms with Crippen LogP contribution >= 0.6 is 0 Å². The van der Waals surface area contributed by atoms with Crippen LogP contribution in [0.3, 0.4) is 0 Å². The number of carboxylic acids is 1. The molecule has 0 radical (unpaired) electrons. The summed E-state index contributed by atoms with van der Waals surface area (Å²) in [6, 6.07) is 8.73. The highest BCUT2D eigenvalue weighted by atomic mass is 19.4. The first-order valence-electron chi connectivity index (χ1n) is 5.22. The van der Waals surface area contributed by atoms with Crippen molar-refractivity contribution in [1.29, 1.82) is 0 Å². The number of carboxylic acid groups (broad SMARTS) is 1. The predicted octanol–water partition coefficient (Wildman–Crippen LogP) is 3.27. The second-order valence-electron chi connectivity index (χ2n) is 3.86. The van der Waals surface area contributed by atoms with Gasteiger partial charge in [-0.1, -0.05) is 30.3 Å². The van der Waals surface area contributed by atoms with Gasteiger partial charge in [-0.15, -0.1) is 0 Å². The van der Waals surface area contributed by atoms with Crippen molar-refractivity contribution in [3.05, 3.63) is 35.9 Å². The number of halogens is 3. The fourth-order valence-corrected chi connectivity index (χ4v) is 1.58. The Balaban J connectivity index is 2.59. The van der Waals surface area contributed by atoms with Gasteiger partial charge in [-0.3, -0.25) is 4.79 Å². The number of carbonyl (C=O) groups is 1. The van der Waals surface area contributed by atoms with E-state index < -0.39 is 24.5 Å². The minimum atomic E-state index is -4.45. The summed E-state index contributed by atoms with van der Waals surface area (Å²) in [5, 5.41) is 8.44. The zero-order chi connectivity index (χ0) is 12.9. The molecule has 0 aliphatic heterocycles. The van der Waals surface area contributed by atoms with E-state index in [-0.39, 0.29) is 12.8 Å². The second kappa shape index (κ2) is 5.70. The zero-order valence-corrected chi connectivity index (χ0v) is 9.07. The number of alkyl halides is 3. The fraction of sp³-hybridized carbons (Fsp3) is 0.417. The van der Waals surface area contributed by atoms with Gasteiger partial charge in [0.2, 0.25) is 0 Å². The van der Waals surface area contributed by atoms with Crippen LogP contribution in [0.1, 0.15) is 18.4 Å². The maximum Gasteiger partial charge on any atom is 0.392 e. The second-order valence-corrected chi connectivity index (χ2v) is 3.86. The summed E-state index contributed by atoms with van der Waals surface area (Å²) in [7, 11) is 0. The van der Waals surface area contributed by atoms with Crippen LogP contribution in [0, 0.1) is 5.92 Å². The predicted molar refractivity (Wildman–Crippen MR) is 56.6 cm³/mol. The molecule has 1 aromatic rings. The van der Waals surface area contributed by atoms with Gasteiger partial charge in [0.1, 0.15) is 0 Å². The topological polar surface area (TPSA) is 37.3 Å². The molecule has 0 amide bonds. The van der Waals surface area contributed by atoms with E-state index in [9.17, 15) is 18.0 Å². The summed E-state index contributed by atoms with van der Waals surface area (Å²) < 4.78 is 37.6. The summed E-state index contributed by atoms with van der Waals surface area (Å²) in [6.45, 7) is 0. The third-order valence-electron chi connectivity index (χ3n) is 2.51. The lowest BCUT2D eigenvalue weighted by Gasteiger charge is -2.18. The van der Waals surface area contributed by atoms with Gasteiger partial charge in [0.25, 0.3) is 0 Å². The molecule has 0 fully saturated rings. The molecule has 1 aromatic carbocycles. The molecular weight excluding hydrogens is 233 g/mol. The maximum absolute atomic E-state index is 12.5. The van der Waals surface area contributed by atoms with Crippen LogP contribution in [-0.4, -0.2) is 17.3 Å². The Morgan fingerprint density at radius 3 is 2.29 bits per heavy atom. The van der Waals surface area contributed by atoms with Crippen molar-refractivity contribution in [2.75, 3.05) is 0 Å². The van der Waals surface area contributed by atoms with Gasteiger partial charge in [0.15, 0.2) is 0 Å². The van der Waals surface area contributed by atoms with Gasteiger partial charge in [-0.05, 0) is 18.4 Å². The smallest absolute Gasteiger partial charge is 0.392 e. The Labute approximate surface area is 97.1 Å². The van der Waals surface area contributed by atoms with Crippen molar-refractivity contribution in [2.24, 2.45) is 5.92 Å². The first-order valence-corrected chi connectivity index (χ1v) is 5.22. The first-order chi connectivity index (χ1) is 7.89. The minimum absolute atomic E-state index is 0.195. The highest BCUT2D eigenvalue weighted by Gasteiger charge is 2.40. The SMILES string of the molecule is O=C(O)C[C@@H](CCc1ccccc1)C(F)(F)F. The van der Waals surface area contributed by atoms with E-state index in [0.29, 0.717) is 0 Å². The van der Waals surface area contributed by atoms with E-state index in [0.717, 1.165) is 5.56 Å². The van der Waals surface area contributed by atoms with E-state index in [1.807, 2.05) is 0 Å². The normalized spacial score (nSPS) is 13.4. The maximum atomic E-state index is 12.5. The van der Waals surface area contributed by atoms with Crippen LogP contribution in [0.15, 0.2) is 30.3 Å². The monoisotopic (exact) mass is 246 g/mol. The van der Waals surface area contributed by atoms with Gasteiger partial charge in [-0.2, -0.15) is 13.2 Å². The Morgan fingerprint density at radius 2 is 1.82 bits per heavy atom. The molecule has 0 heterocycles. The van der Waals surface area contributed by atoms with Gasteiger partial charge in [-0.25, -0.2) is 0 Å². The molecule has 1 N–H and O–H groups in total. The zero-order valence-electron chi connectivity index (χ0n) is 9.07. The molecule has 5 heteroatoms. The summed E-state index contributed by atoms with van der Waals surface area (Å²) in [5.74, 6) is -3.19. The number of hydrogen-bond donors (Lipinski definition) is 1. The molecule has 0 saturated heterocycles. The summed E-state index contributed by atoms with van der Waals surface area (Å²) in [6.07, 6.45) is -5.28. The largest absolute Gasteiger partial charge is 0.481 e. The van der Waals surface area contributed by atoms with Crippen LogP contribution in [-0.2, 0) is 11.2 Å². The van der Waals surface area contributed by atoms with Crippen molar-refractivity contribution in [3.63, 3.8) is 0 Å². The molecule has 2 nitrogen and oxygen atoms in total. The van der Waals surface area contributed by atoms with Crippen LogP contribution in [0.2, 0.25) is 0 Å². The number of rotatable bonds is 5. The van der Waals surface area contributed by atoms with Gasteiger partial charge in [0, 0.05) is 0 Å². The Hall–Kier alpha value is -1.52. The van der Waals surface area contributed by atoms with E-state index >= 15 is 0 Å². The minimum Gasteiger partial charge on any atom is -0.481 e. The molecule has 0 spiro atoms. The average molecular weight is 246 g/mol. The highest BCUT2D eigenvalue weighted by molar-refractivity contribution is 5.67. The number of benzene rings is 1. The summed E-state index contributed by atoms with van der Waals surface area (Å²) in [4.78, 5) is 10.4. The van der Waals surface area contributed by atoms with Crippen molar-refractivity contribution in [3.8, 4) is 0 Å². The standard InChI is InChI=1S/C12H13F3O2/c13-12(14,15)10(8-11(16)17)7-6-9-4-2-1-3-5-9/h1-5,10H,6-8H2,(H,16,17)/t10-/m1/s1. The Morgan fingerprint density at radius 1 is 1.24 bits per heavy atom. The molecule has 1 atom stereocenters. The van der Waals surface area contributed by atoms with Crippen LogP contribution < -0.4 is 0 Å². The lowest BCUT2D eigenvalue weighted by atomic mass is 9.96. The molecule has 0 saturated carbocycles. The molecule has 1 rings (SSSR count). The van der Waals surface area contributed by atoms with Gasteiger partial charge in [0.05, 0.1) is 12.3 Å². The molecule has 94 valence electrons. The third-order valence-corrected chi connectivity index (χ3v) is 2.51. The van der Waals surface area contributed by atoms with E-state index in [1.54, 1.807) is 30.3 Å². The van der Waals surface area contributed by atoms with Crippen molar-refractivity contribution >= 4 is 5.97 Å². The Kier molecular flexibility index (Phi) is 4.54. The molecule has 0 aliphatic rings. The number of aliphatic carboxylic acids is 1. The van der Waals surface area contributed by atoms with Crippen molar-refractivity contribution in [1.82, 2.24) is 0 Å². The van der Waals surface area contributed by atoms with E-state index in [1.165, 1.54) is 0 Å². The van der Waals surface area contributed by atoms with Crippen LogP contribution in [0.4, 0.5) is 13.2 Å². The van der Waals surface area contributed by atoms with Crippen LogP contribution in [0.25, 0.3) is 0 Å².